The standard InChI is InChI=1S/C19H18Cl2N2O3/c1-12-3-6-14(7-4-12)26-10-9-23-17(24)19(2,22-18(23)25)15-8-5-13(20)11-16(15)21/h3-8,11H,9-10H2,1-2H3,(H,22,25)/t19-/m0/s1. The van der Waals surface area contributed by atoms with Crippen LogP contribution in [-0.2, 0) is 10.3 Å². The van der Waals surface area contributed by atoms with Crippen molar-refractivity contribution in [3.8, 4) is 5.75 Å². The van der Waals surface area contributed by atoms with Crippen LogP contribution < -0.4 is 10.1 Å². The zero-order valence-electron chi connectivity index (χ0n) is 14.4. The summed E-state index contributed by atoms with van der Waals surface area (Å²) in [7, 11) is 0. The van der Waals surface area contributed by atoms with Gasteiger partial charge in [-0.25, -0.2) is 4.79 Å². The summed E-state index contributed by atoms with van der Waals surface area (Å²) in [6.07, 6.45) is 0. The SMILES string of the molecule is Cc1ccc(OCCN2C(=O)N[C@@](C)(c3ccc(Cl)cc3Cl)C2=O)cc1. The van der Waals surface area contributed by atoms with E-state index in [0.29, 0.717) is 21.4 Å². The molecule has 5 nitrogen and oxygen atoms in total. The Morgan fingerprint density at radius 3 is 2.46 bits per heavy atom. The lowest BCUT2D eigenvalue weighted by atomic mass is 9.92. The number of nitrogens with one attached hydrogen (secondary N) is 1. The van der Waals surface area contributed by atoms with E-state index in [1.54, 1.807) is 25.1 Å². The number of benzene rings is 2. The number of halogens is 2. The Morgan fingerprint density at radius 2 is 1.81 bits per heavy atom. The normalized spacial score (nSPS) is 19.6. The van der Waals surface area contributed by atoms with Crippen molar-refractivity contribution in [1.82, 2.24) is 10.2 Å². The molecular weight excluding hydrogens is 375 g/mol. The summed E-state index contributed by atoms with van der Waals surface area (Å²) in [6.45, 7) is 3.95. The van der Waals surface area contributed by atoms with E-state index in [1.807, 2.05) is 31.2 Å². The number of carbonyl (C=O) groups is 2. The molecule has 0 spiro atoms. The topological polar surface area (TPSA) is 58.6 Å². The molecule has 1 atom stereocenters. The van der Waals surface area contributed by atoms with Crippen LogP contribution in [0.5, 0.6) is 5.75 Å². The minimum absolute atomic E-state index is 0.138. The Labute approximate surface area is 161 Å². The Bertz CT molecular complexity index is 854. The van der Waals surface area contributed by atoms with Crippen LogP contribution in [0, 0.1) is 6.92 Å². The molecule has 7 heteroatoms. The molecule has 0 radical (unpaired) electrons. The van der Waals surface area contributed by atoms with Crippen molar-refractivity contribution < 1.29 is 14.3 Å². The smallest absolute Gasteiger partial charge is 0.325 e. The van der Waals surface area contributed by atoms with Crippen LogP contribution in [0.25, 0.3) is 0 Å². The first-order valence-electron chi connectivity index (χ1n) is 8.10. The number of aryl methyl sites for hydroxylation is 1. The van der Waals surface area contributed by atoms with Gasteiger partial charge in [-0.15, -0.1) is 0 Å². The van der Waals surface area contributed by atoms with Crippen molar-refractivity contribution in [2.75, 3.05) is 13.2 Å². The molecule has 2 aromatic carbocycles. The number of amides is 3. The highest BCUT2D eigenvalue weighted by molar-refractivity contribution is 6.35. The van der Waals surface area contributed by atoms with E-state index in [9.17, 15) is 9.59 Å². The number of ether oxygens (including phenoxy) is 1. The highest BCUT2D eigenvalue weighted by Crippen LogP contribution is 2.34. The molecule has 3 amide bonds. The predicted octanol–water partition coefficient (Wildman–Crippen LogP) is 4.15. The van der Waals surface area contributed by atoms with E-state index < -0.39 is 11.6 Å². The average molecular weight is 393 g/mol. The van der Waals surface area contributed by atoms with E-state index in [-0.39, 0.29) is 19.1 Å². The molecular formula is C19H18Cl2N2O3. The van der Waals surface area contributed by atoms with Gasteiger partial charge in [0, 0.05) is 15.6 Å². The lowest BCUT2D eigenvalue weighted by Gasteiger charge is -2.23. The van der Waals surface area contributed by atoms with Gasteiger partial charge in [0.25, 0.3) is 5.91 Å². The highest BCUT2D eigenvalue weighted by Gasteiger charge is 2.49. The largest absolute Gasteiger partial charge is 0.492 e. The number of rotatable bonds is 5. The van der Waals surface area contributed by atoms with Crippen LogP contribution in [0.1, 0.15) is 18.1 Å². The van der Waals surface area contributed by atoms with Gasteiger partial charge in [-0.1, -0.05) is 47.0 Å². The average Bonchev–Trinajstić information content (AvgIpc) is 2.80. The van der Waals surface area contributed by atoms with Gasteiger partial charge in [0.1, 0.15) is 17.9 Å². The zero-order valence-corrected chi connectivity index (χ0v) is 15.9. The fraction of sp³-hybridized carbons (Fsp3) is 0.263. The summed E-state index contributed by atoms with van der Waals surface area (Å²) >= 11 is 12.1. The number of hydrogen-bond acceptors (Lipinski definition) is 3. The van der Waals surface area contributed by atoms with Crippen LogP contribution in [0.4, 0.5) is 4.79 Å². The van der Waals surface area contributed by atoms with E-state index in [4.69, 9.17) is 27.9 Å². The van der Waals surface area contributed by atoms with Crippen molar-refractivity contribution in [3.05, 3.63) is 63.6 Å². The van der Waals surface area contributed by atoms with Gasteiger partial charge in [0.15, 0.2) is 0 Å². The van der Waals surface area contributed by atoms with E-state index in [2.05, 4.69) is 5.32 Å². The molecule has 136 valence electrons. The molecule has 2 aromatic rings. The van der Waals surface area contributed by atoms with Gasteiger partial charge in [-0.3, -0.25) is 9.69 Å². The number of urea groups is 1. The summed E-state index contributed by atoms with van der Waals surface area (Å²) in [5, 5.41) is 3.50. The molecule has 0 aliphatic carbocycles. The molecule has 1 fully saturated rings. The Kier molecular flexibility index (Phi) is 5.12. The fourth-order valence-corrected chi connectivity index (χ4v) is 3.46. The minimum atomic E-state index is -1.23. The third kappa shape index (κ3) is 3.50. The molecule has 0 aromatic heterocycles. The first-order valence-corrected chi connectivity index (χ1v) is 8.86. The fourth-order valence-electron chi connectivity index (χ4n) is 2.87. The van der Waals surface area contributed by atoms with Crippen LogP contribution in [0.3, 0.4) is 0 Å². The maximum absolute atomic E-state index is 12.9. The van der Waals surface area contributed by atoms with E-state index in [1.165, 1.54) is 0 Å². The van der Waals surface area contributed by atoms with Gasteiger partial charge in [0.2, 0.25) is 0 Å². The monoisotopic (exact) mass is 392 g/mol. The molecule has 3 rings (SSSR count). The van der Waals surface area contributed by atoms with Gasteiger partial charge >= 0.3 is 6.03 Å². The van der Waals surface area contributed by atoms with Gasteiger partial charge in [0.05, 0.1) is 6.54 Å². The second-order valence-electron chi connectivity index (χ2n) is 6.30. The van der Waals surface area contributed by atoms with Crippen LogP contribution in [0.2, 0.25) is 10.0 Å². The summed E-state index contributed by atoms with van der Waals surface area (Å²) in [5.41, 5.74) is 0.397. The highest BCUT2D eigenvalue weighted by atomic mass is 35.5. The maximum atomic E-state index is 12.9. The molecule has 26 heavy (non-hydrogen) atoms. The summed E-state index contributed by atoms with van der Waals surface area (Å²) in [6, 6.07) is 11.9. The molecule has 1 saturated heterocycles. The van der Waals surface area contributed by atoms with Gasteiger partial charge in [-0.05, 0) is 38.1 Å². The predicted molar refractivity (Wildman–Crippen MR) is 101 cm³/mol. The summed E-state index contributed by atoms with van der Waals surface area (Å²) in [4.78, 5) is 26.3. The zero-order chi connectivity index (χ0) is 18.9. The second-order valence-corrected chi connectivity index (χ2v) is 7.14. The first-order chi connectivity index (χ1) is 12.3. The molecule has 1 aliphatic heterocycles. The lowest BCUT2D eigenvalue weighted by Crippen LogP contribution is -2.41. The van der Waals surface area contributed by atoms with Gasteiger partial charge in [-0.2, -0.15) is 0 Å². The third-order valence-electron chi connectivity index (χ3n) is 4.35. The molecule has 0 saturated carbocycles. The van der Waals surface area contributed by atoms with Crippen LogP contribution in [0.15, 0.2) is 42.5 Å². The molecule has 1 heterocycles. The second kappa shape index (κ2) is 7.17. The minimum Gasteiger partial charge on any atom is -0.492 e. The van der Waals surface area contributed by atoms with Crippen molar-refractivity contribution in [3.63, 3.8) is 0 Å². The first kappa shape index (κ1) is 18.5. The maximum Gasteiger partial charge on any atom is 0.325 e. The lowest BCUT2D eigenvalue weighted by molar-refractivity contribution is -0.131. The third-order valence-corrected chi connectivity index (χ3v) is 4.90. The van der Waals surface area contributed by atoms with Crippen molar-refractivity contribution in [2.45, 2.75) is 19.4 Å². The number of imide groups is 1. The number of nitrogens with zero attached hydrogens (tertiary/aromatic N) is 1. The molecule has 0 unspecified atom stereocenters. The van der Waals surface area contributed by atoms with E-state index >= 15 is 0 Å². The molecule has 1 aliphatic rings. The quantitative estimate of drug-likeness (QED) is 0.777. The Hall–Kier alpha value is -2.24. The summed E-state index contributed by atoms with van der Waals surface area (Å²) in [5.74, 6) is 0.311. The summed E-state index contributed by atoms with van der Waals surface area (Å²) < 4.78 is 5.62. The van der Waals surface area contributed by atoms with Crippen LogP contribution >= 0.6 is 23.2 Å². The number of carbonyl (C=O) groups excluding carboxylic acids is 2. The van der Waals surface area contributed by atoms with E-state index in [0.717, 1.165) is 10.5 Å². The molecule has 0 bridgehead atoms. The van der Waals surface area contributed by atoms with Crippen molar-refractivity contribution in [1.29, 1.82) is 0 Å². The Balaban J connectivity index is 1.71. The van der Waals surface area contributed by atoms with Crippen LogP contribution in [-0.4, -0.2) is 30.0 Å². The van der Waals surface area contributed by atoms with Crippen molar-refractivity contribution >= 4 is 35.1 Å². The number of hydrogen-bond donors (Lipinski definition) is 1. The van der Waals surface area contributed by atoms with Gasteiger partial charge < -0.3 is 10.1 Å². The molecule has 1 N–H and O–H groups in total. The Morgan fingerprint density at radius 1 is 1.12 bits per heavy atom. The van der Waals surface area contributed by atoms with Crippen molar-refractivity contribution in [2.24, 2.45) is 0 Å².